The summed E-state index contributed by atoms with van der Waals surface area (Å²) in [6.07, 6.45) is -4.63. The van der Waals surface area contributed by atoms with Crippen LogP contribution in [0.25, 0.3) is 0 Å². The van der Waals surface area contributed by atoms with Gasteiger partial charge in [0.25, 0.3) is 5.91 Å². The minimum absolute atomic E-state index is 0.0339. The monoisotopic (exact) mass is 407 g/mol. The molecule has 1 aliphatic heterocycles. The number of anilines is 1. The van der Waals surface area contributed by atoms with Crippen LogP contribution in [0.5, 0.6) is 0 Å². The zero-order chi connectivity index (χ0) is 19.1. The SMILES string of the molecule is O=C1Nc2cc(C(F)(F)F)ccc2C1(F)c1cc(Cl)ccc1SCCF. The standard InChI is InChI=1S/C17H11ClF5NOS/c18-10-2-4-14(26-6-5-19)12(8-10)16(20)11-3-1-9(17(21,22)23)7-13(11)24-15(16)25/h1-4,7-8H,5-6H2,(H,24,25). The van der Waals surface area contributed by atoms with Crippen molar-refractivity contribution in [3.63, 3.8) is 0 Å². The van der Waals surface area contributed by atoms with Crippen LogP contribution >= 0.6 is 23.4 Å². The molecule has 1 N–H and O–H groups in total. The zero-order valence-corrected chi connectivity index (χ0v) is 14.5. The van der Waals surface area contributed by atoms with Crippen molar-refractivity contribution in [2.24, 2.45) is 0 Å². The van der Waals surface area contributed by atoms with Crippen molar-refractivity contribution in [2.45, 2.75) is 16.7 Å². The van der Waals surface area contributed by atoms with Gasteiger partial charge in [0.05, 0.1) is 12.2 Å². The second-order valence-electron chi connectivity index (χ2n) is 5.55. The van der Waals surface area contributed by atoms with E-state index in [1.54, 1.807) is 0 Å². The van der Waals surface area contributed by atoms with Crippen molar-refractivity contribution in [1.29, 1.82) is 0 Å². The second-order valence-corrected chi connectivity index (χ2v) is 7.12. The Hall–Kier alpha value is -1.80. The maximum Gasteiger partial charge on any atom is 0.416 e. The summed E-state index contributed by atoms with van der Waals surface area (Å²) in [5, 5.41) is 2.31. The van der Waals surface area contributed by atoms with E-state index in [4.69, 9.17) is 11.6 Å². The molecule has 0 bridgehead atoms. The molecule has 1 aliphatic rings. The normalized spacial score (nSPS) is 19.4. The molecular weight excluding hydrogens is 397 g/mol. The highest BCUT2D eigenvalue weighted by Gasteiger charge is 2.51. The Balaban J connectivity index is 2.15. The molecule has 0 saturated heterocycles. The number of halogens is 6. The van der Waals surface area contributed by atoms with Gasteiger partial charge in [0, 0.05) is 32.5 Å². The topological polar surface area (TPSA) is 29.1 Å². The summed E-state index contributed by atoms with van der Waals surface area (Å²) in [4.78, 5) is 12.6. The zero-order valence-electron chi connectivity index (χ0n) is 13.0. The number of rotatable bonds is 4. The average molecular weight is 408 g/mol. The summed E-state index contributed by atoms with van der Waals surface area (Å²) in [6, 6.07) is 6.49. The van der Waals surface area contributed by atoms with Crippen LogP contribution in [0, 0.1) is 0 Å². The van der Waals surface area contributed by atoms with Gasteiger partial charge in [0.1, 0.15) is 0 Å². The summed E-state index contributed by atoms with van der Waals surface area (Å²) in [6.45, 7) is -0.663. The molecular formula is C17H11ClF5NOS. The van der Waals surface area contributed by atoms with Gasteiger partial charge in [-0.3, -0.25) is 9.18 Å². The largest absolute Gasteiger partial charge is 0.416 e. The maximum absolute atomic E-state index is 15.9. The summed E-state index contributed by atoms with van der Waals surface area (Å²) in [5.74, 6) is -1.08. The first-order chi connectivity index (χ1) is 12.2. The molecule has 1 atom stereocenters. The lowest BCUT2D eigenvalue weighted by Crippen LogP contribution is -2.31. The highest BCUT2D eigenvalue weighted by atomic mass is 35.5. The number of fused-ring (bicyclic) bond motifs is 1. The van der Waals surface area contributed by atoms with Crippen LogP contribution < -0.4 is 5.32 Å². The Bertz CT molecular complexity index is 873. The van der Waals surface area contributed by atoms with Crippen LogP contribution in [-0.4, -0.2) is 18.3 Å². The van der Waals surface area contributed by atoms with Crippen molar-refractivity contribution in [1.82, 2.24) is 0 Å². The predicted molar refractivity (Wildman–Crippen MR) is 90.1 cm³/mol. The predicted octanol–water partition coefficient (Wildman–Crippen LogP) is 5.59. The number of hydrogen-bond acceptors (Lipinski definition) is 2. The molecule has 1 heterocycles. The van der Waals surface area contributed by atoms with Crippen LogP contribution in [-0.2, 0) is 16.6 Å². The lowest BCUT2D eigenvalue weighted by molar-refractivity contribution is -0.137. The van der Waals surface area contributed by atoms with E-state index in [0.717, 1.165) is 17.8 Å². The fraction of sp³-hybridized carbons (Fsp3) is 0.235. The minimum atomic E-state index is -4.63. The quantitative estimate of drug-likeness (QED) is 0.529. The third-order valence-electron chi connectivity index (χ3n) is 3.93. The van der Waals surface area contributed by atoms with E-state index in [1.165, 1.54) is 18.2 Å². The second kappa shape index (κ2) is 6.74. The molecule has 1 unspecified atom stereocenters. The van der Waals surface area contributed by atoms with Gasteiger partial charge < -0.3 is 5.32 Å². The summed E-state index contributed by atoms with van der Waals surface area (Å²) in [7, 11) is 0. The van der Waals surface area contributed by atoms with Gasteiger partial charge in [-0.2, -0.15) is 13.2 Å². The van der Waals surface area contributed by atoms with E-state index in [9.17, 15) is 22.4 Å². The van der Waals surface area contributed by atoms with Crippen LogP contribution in [0.1, 0.15) is 16.7 Å². The van der Waals surface area contributed by atoms with Crippen molar-refractivity contribution in [3.05, 3.63) is 58.1 Å². The van der Waals surface area contributed by atoms with E-state index < -0.39 is 30.0 Å². The Morgan fingerprint density at radius 1 is 1.12 bits per heavy atom. The Morgan fingerprint density at radius 2 is 1.85 bits per heavy atom. The Kier molecular flexibility index (Phi) is 4.92. The molecule has 0 fully saturated rings. The number of hydrogen-bond donors (Lipinski definition) is 1. The third kappa shape index (κ3) is 3.16. The summed E-state index contributed by atoms with van der Waals surface area (Å²) < 4.78 is 67.0. The summed E-state index contributed by atoms with van der Waals surface area (Å²) in [5.41, 5.74) is -4.34. The number of alkyl halides is 5. The number of benzene rings is 2. The van der Waals surface area contributed by atoms with E-state index in [2.05, 4.69) is 5.32 Å². The van der Waals surface area contributed by atoms with E-state index in [0.29, 0.717) is 12.1 Å². The van der Waals surface area contributed by atoms with Gasteiger partial charge in [0.2, 0.25) is 5.67 Å². The molecule has 0 saturated carbocycles. The number of carbonyl (C=O) groups is 1. The molecule has 0 aromatic heterocycles. The lowest BCUT2D eigenvalue weighted by Gasteiger charge is -2.22. The first-order valence-corrected chi connectivity index (χ1v) is 8.75. The molecule has 2 aromatic rings. The van der Waals surface area contributed by atoms with Crippen molar-refractivity contribution < 1.29 is 26.7 Å². The molecule has 138 valence electrons. The van der Waals surface area contributed by atoms with E-state index in [1.807, 2.05) is 0 Å². The molecule has 3 rings (SSSR count). The molecule has 26 heavy (non-hydrogen) atoms. The average Bonchev–Trinajstić information content (AvgIpc) is 2.84. The molecule has 2 aromatic carbocycles. The maximum atomic E-state index is 15.9. The number of carbonyl (C=O) groups excluding carboxylic acids is 1. The molecule has 1 amide bonds. The fourth-order valence-electron chi connectivity index (χ4n) is 2.77. The number of thioether (sulfide) groups is 1. The van der Waals surface area contributed by atoms with Crippen molar-refractivity contribution in [2.75, 3.05) is 17.7 Å². The Morgan fingerprint density at radius 3 is 2.50 bits per heavy atom. The lowest BCUT2D eigenvalue weighted by atomic mass is 9.88. The van der Waals surface area contributed by atoms with Gasteiger partial charge in [0.15, 0.2) is 0 Å². The van der Waals surface area contributed by atoms with Crippen LogP contribution in [0.4, 0.5) is 27.6 Å². The first kappa shape index (κ1) is 19.0. The first-order valence-electron chi connectivity index (χ1n) is 7.39. The van der Waals surface area contributed by atoms with Gasteiger partial charge in [-0.1, -0.05) is 17.7 Å². The number of nitrogens with one attached hydrogen (secondary N) is 1. The van der Waals surface area contributed by atoms with Gasteiger partial charge in [-0.05, 0) is 30.3 Å². The minimum Gasteiger partial charge on any atom is -0.322 e. The van der Waals surface area contributed by atoms with Crippen LogP contribution in [0.15, 0.2) is 41.3 Å². The Labute approximate surface area is 154 Å². The summed E-state index contributed by atoms with van der Waals surface area (Å²) >= 11 is 6.91. The smallest absolute Gasteiger partial charge is 0.322 e. The van der Waals surface area contributed by atoms with Gasteiger partial charge in [-0.25, -0.2) is 4.39 Å². The third-order valence-corrected chi connectivity index (χ3v) is 5.19. The van der Waals surface area contributed by atoms with Crippen LogP contribution in [0.3, 0.4) is 0 Å². The van der Waals surface area contributed by atoms with E-state index in [-0.39, 0.29) is 32.5 Å². The van der Waals surface area contributed by atoms with E-state index >= 15 is 4.39 Å². The van der Waals surface area contributed by atoms with Crippen molar-refractivity contribution >= 4 is 35.0 Å². The fourth-order valence-corrected chi connectivity index (χ4v) is 3.76. The highest BCUT2D eigenvalue weighted by Crippen LogP contribution is 2.48. The molecule has 0 radical (unpaired) electrons. The number of amides is 1. The molecule has 2 nitrogen and oxygen atoms in total. The van der Waals surface area contributed by atoms with Crippen molar-refractivity contribution in [3.8, 4) is 0 Å². The highest BCUT2D eigenvalue weighted by molar-refractivity contribution is 7.99. The molecule has 0 spiro atoms. The molecule has 0 aliphatic carbocycles. The van der Waals surface area contributed by atoms with Gasteiger partial charge in [-0.15, -0.1) is 11.8 Å². The van der Waals surface area contributed by atoms with Crippen LogP contribution in [0.2, 0.25) is 5.02 Å². The van der Waals surface area contributed by atoms with Gasteiger partial charge >= 0.3 is 6.18 Å². The molecule has 9 heteroatoms.